The summed E-state index contributed by atoms with van der Waals surface area (Å²) in [6.07, 6.45) is 4.15. The van der Waals surface area contributed by atoms with Gasteiger partial charge in [-0.1, -0.05) is 53.7 Å². The minimum Gasteiger partial charge on any atom is -0.350 e. The van der Waals surface area contributed by atoms with Crippen LogP contribution in [0.3, 0.4) is 0 Å². The van der Waals surface area contributed by atoms with Crippen LogP contribution in [0.2, 0.25) is 0 Å². The lowest BCUT2D eigenvalue weighted by Crippen LogP contribution is -2.26. The molecule has 6 nitrogen and oxygen atoms in total. The van der Waals surface area contributed by atoms with Gasteiger partial charge in [-0.25, -0.2) is 4.68 Å². The van der Waals surface area contributed by atoms with Gasteiger partial charge in [0.25, 0.3) is 5.91 Å². The second-order valence-electron chi connectivity index (χ2n) is 6.27. The van der Waals surface area contributed by atoms with Gasteiger partial charge < -0.3 is 5.32 Å². The van der Waals surface area contributed by atoms with Gasteiger partial charge in [0, 0.05) is 24.5 Å². The van der Waals surface area contributed by atoms with Crippen LogP contribution in [0.4, 0.5) is 0 Å². The lowest BCUT2D eigenvalue weighted by Gasteiger charge is -2.08. The summed E-state index contributed by atoms with van der Waals surface area (Å²) in [7, 11) is 0. The van der Waals surface area contributed by atoms with Crippen LogP contribution < -0.4 is 5.32 Å². The van der Waals surface area contributed by atoms with Gasteiger partial charge in [-0.05, 0) is 36.2 Å². The zero-order valence-corrected chi connectivity index (χ0v) is 15.2. The van der Waals surface area contributed by atoms with Crippen LogP contribution >= 0.6 is 0 Å². The van der Waals surface area contributed by atoms with Gasteiger partial charge in [0.2, 0.25) is 0 Å². The molecule has 0 spiro atoms. The number of carbonyl (C=O) groups is 1. The van der Waals surface area contributed by atoms with Crippen LogP contribution in [0.15, 0.2) is 85.2 Å². The quantitative estimate of drug-likeness (QED) is 0.566. The fourth-order valence-electron chi connectivity index (χ4n) is 3.00. The molecule has 0 radical (unpaired) electrons. The highest BCUT2D eigenvalue weighted by molar-refractivity contribution is 5.98. The molecule has 0 saturated carbocycles. The van der Waals surface area contributed by atoms with Crippen molar-refractivity contribution in [3.63, 3.8) is 0 Å². The summed E-state index contributed by atoms with van der Waals surface area (Å²) in [5.41, 5.74) is 3.69. The third-order valence-corrected chi connectivity index (χ3v) is 4.36. The standard InChI is InChI=1S/C22H19N5O/c28-22(24-15-13-17-8-3-1-4-9-17)20-21(18-10-7-14-23-16-18)27(26-25-20)19-11-5-2-6-12-19/h1-12,14,16H,13,15H2,(H,24,28). The Morgan fingerprint density at radius 1 is 0.929 bits per heavy atom. The molecule has 6 heteroatoms. The Balaban J connectivity index is 1.61. The van der Waals surface area contributed by atoms with Gasteiger partial charge in [0.15, 0.2) is 5.69 Å². The number of hydrogen-bond donors (Lipinski definition) is 1. The van der Waals surface area contributed by atoms with E-state index in [-0.39, 0.29) is 11.6 Å². The van der Waals surface area contributed by atoms with Crippen molar-refractivity contribution in [3.8, 4) is 16.9 Å². The van der Waals surface area contributed by atoms with E-state index >= 15 is 0 Å². The van der Waals surface area contributed by atoms with E-state index < -0.39 is 0 Å². The Labute approximate surface area is 162 Å². The summed E-state index contributed by atoms with van der Waals surface area (Å²) in [4.78, 5) is 17.0. The molecule has 2 aromatic carbocycles. The first kappa shape index (κ1) is 17.6. The molecule has 2 aromatic heterocycles. The summed E-state index contributed by atoms with van der Waals surface area (Å²) in [5.74, 6) is -0.253. The summed E-state index contributed by atoms with van der Waals surface area (Å²) < 4.78 is 1.67. The summed E-state index contributed by atoms with van der Waals surface area (Å²) >= 11 is 0. The Morgan fingerprint density at radius 2 is 1.68 bits per heavy atom. The van der Waals surface area contributed by atoms with E-state index in [0.29, 0.717) is 12.2 Å². The minimum atomic E-state index is -0.253. The van der Waals surface area contributed by atoms with Crippen molar-refractivity contribution in [2.45, 2.75) is 6.42 Å². The molecule has 138 valence electrons. The van der Waals surface area contributed by atoms with Gasteiger partial charge in [-0.15, -0.1) is 5.10 Å². The van der Waals surface area contributed by atoms with Gasteiger partial charge in [-0.3, -0.25) is 9.78 Å². The van der Waals surface area contributed by atoms with E-state index in [9.17, 15) is 4.79 Å². The first-order valence-corrected chi connectivity index (χ1v) is 9.06. The first-order valence-electron chi connectivity index (χ1n) is 9.06. The monoisotopic (exact) mass is 369 g/mol. The molecule has 0 aliphatic heterocycles. The number of hydrogen-bond acceptors (Lipinski definition) is 4. The van der Waals surface area contributed by atoms with E-state index in [1.165, 1.54) is 5.56 Å². The predicted octanol–water partition coefficient (Wildman–Crippen LogP) is 3.30. The molecule has 0 unspecified atom stereocenters. The molecular weight excluding hydrogens is 350 g/mol. The van der Waals surface area contributed by atoms with Crippen LogP contribution in [-0.2, 0) is 6.42 Å². The number of rotatable bonds is 6. The molecular formula is C22H19N5O. The van der Waals surface area contributed by atoms with Gasteiger partial charge in [-0.2, -0.15) is 0 Å². The highest BCUT2D eigenvalue weighted by Gasteiger charge is 2.22. The first-order chi connectivity index (χ1) is 13.8. The summed E-state index contributed by atoms with van der Waals surface area (Å²) in [5, 5.41) is 11.3. The molecule has 1 amide bonds. The number of pyridine rings is 1. The van der Waals surface area contributed by atoms with Crippen LogP contribution in [0.1, 0.15) is 16.1 Å². The van der Waals surface area contributed by atoms with E-state index in [0.717, 1.165) is 17.7 Å². The highest BCUT2D eigenvalue weighted by atomic mass is 16.2. The number of nitrogens with one attached hydrogen (secondary N) is 1. The molecule has 0 saturated heterocycles. The highest BCUT2D eigenvalue weighted by Crippen LogP contribution is 2.24. The summed E-state index contributed by atoms with van der Waals surface area (Å²) in [6.45, 7) is 0.521. The second kappa shape index (κ2) is 8.26. The maximum atomic E-state index is 12.8. The number of benzene rings is 2. The normalized spacial score (nSPS) is 10.6. The molecule has 1 N–H and O–H groups in total. The molecule has 4 aromatic rings. The molecule has 4 rings (SSSR count). The Hall–Kier alpha value is -3.80. The molecule has 0 bridgehead atoms. The third kappa shape index (κ3) is 3.81. The Bertz CT molecular complexity index is 1050. The Morgan fingerprint density at radius 3 is 2.39 bits per heavy atom. The van der Waals surface area contributed by atoms with Crippen molar-refractivity contribution >= 4 is 5.91 Å². The number of carbonyl (C=O) groups excluding carboxylic acids is 1. The van der Waals surface area contributed by atoms with Crippen LogP contribution in [0.25, 0.3) is 16.9 Å². The molecule has 2 heterocycles. The SMILES string of the molecule is O=C(NCCc1ccccc1)c1nnn(-c2ccccc2)c1-c1cccnc1. The van der Waals surface area contributed by atoms with E-state index in [1.807, 2.05) is 72.8 Å². The largest absolute Gasteiger partial charge is 0.350 e. The minimum absolute atomic E-state index is 0.253. The van der Waals surface area contributed by atoms with Crippen LogP contribution in [0.5, 0.6) is 0 Å². The molecule has 28 heavy (non-hydrogen) atoms. The van der Waals surface area contributed by atoms with Crippen molar-refractivity contribution in [1.29, 1.82) is 0 Å². The molecule has 0 atom stereocenters. The average Bonchev–Trinajstić information content (AvgIpc) is 3.21. The zero-order valence-electron chi connectivity index (χ0n) is 15.2. The van der Waals surface area contributed by atoms with Crippen molar-refractivity contribution < 1.29 is 4.79 Å². The van der Waals surface area contributed by atoms with Gasteiger partial charge in [0.05, 0.1) is 5.69 Å². The lowest BCUT2D eigenvalue weighted by molar-refractivity contribution is 0.0950. The van der Waals surface area contributed by atoms with Crippen molar-refractivity contribution in [2.75, 3.05) is 6.54 Å². The lowest BCUT2D eigenvalue weighted by atomic mass is 10.1. The number of nitrogens with zero attached hydrogens (tertiary/aromatic N) is 4. The van der Waals surface area contributed by atoms with Gasteiger partial charge in [0.1, 0.15) is 5.69 Å². The number of amides is 1. The second-order valence-corrected chi connectivity index (χ2v) is 6.27. The number of para-hydroxylation sites is 1. The van der Waals surface area contributed by atoms with E-state index in [2.05, 4.69) is 20.6 Å². The predicted molar refractivity (Wildman–Crippen MR) is 107 cm³/mol. The topological polar surface area (TPSA) is 72.7 Å². The third-order valence-electron chi connectivity index (χ3n) is 4.36. The van der Waals surface area contributed by atoms with Crippen LogP contribution in [0, 0.1) is 0 Å². The van der Waals surface area contributed by atoms with Crippen molar-refractivity contribution in [2.24, 2.45) is 0 Å². The van der Waals surface area contributed by atoms with E-state index in [4.69, 9.17) is 0 Å². The maximum absolute atomic E-state index is 12.8. The van der Waals surface area contributed by atoms with Crippen LogP contribution in [-0.4, -0.2) is 32.4 Å². The fourth-order valence-corrected chi connectivity index (χ4v) is 3.00. The smallest absolute Gasteiger partial charge is 0.274 e. The Kier molecular flexibility index (Phi) is 5.20. The fraction of sp³-hybridized carbons (Fsp3) is 0.0909. The average molecular weight is 369 g/mol. The van der Waals surface area contributed by atoms with Gasteiger partial charge >= 0.3 is 0 Å². The summed E-state index contributed by atoms with van der Waals surface area (Å²) in [6, 6.07) is 23.4. The maximum Gasteiger partial charge on any atom is 0.274 e. The zero-order chi connectivity index (χ0) is 19.2. The van der Waals surface area contributed by atoms with Crippen molar-refractivity contribution in [1.82, 2.24) is 25.3 Å². The molecule has 0 aliphatic rings. The molecule has 0 aliphatic carbocycles. The van der Waals surface area contributed by atoms with Crippen molar-refractivity contribution in [3.05, 3.63) is 96.4 Å². The number of aromatic nitrogens is 4. The van der Waals surface area contributed by atoms with E-state index in [1.54, 1.807) is 17.1 Å². The molecule has 0 fully saturated rings.